The summed E-state index contributed by atoms with van der Waals surface area (Å²) in [5.74, 6) is 0.746. The third kappa shape index (κ3) is 4.36. The van der Waals surface area contributed by atoms with Crippen LogP contribution in [-0.2, 0) is 4.79 Å². The zero-order chi connectivity index (χ0) is 15.2. The molecule has 0 unspecified atom stereocenters. The zero-order valence-electron chi connectivity index (χ0n) is 11.7. The van der Waals surface area contributed by atoms with Gasteiger partial charge in [0, 0.05) is 11.1 Å². The molecule has 1 amide bonds. The second-order valence-corrected chi connectivity index (χ2v) is 4.73. The molecule has 0 saturated heterocycles. The molecule has 21 heavy (non-hydrogen) atoms. The molecule has 0 radical (unpaired) electrons. The molecule has 1 aromatic heterocycles. The Labute approximate surface area is 127 Å². The molecule has 6 heteroatoms. The molecule has 1 N–H and O–H groups in total. The number of hydrogen-bond acceptors (Lipinski definition) is 4. The zero-order valence-corrected chi connectivity index (χ0v) is 12.4. The molecule has 0 aliphatic carbocycles. The first-order valence-corrected chi connectivity index (χ1v) is 6.69. The van der Waals surface area contributed by atoms with Crippen LogP contribution in [0.1, 0.15) is 6.92 Å². The molecule has 0 saturated carbocycles. The van der Waals surface area contributed by atoms with Gasteiger partial charge in [0.1, 0.15) is 5.75 Å². The van der Waals surface area contributed by atoms with E-state index in [0.717, 1.165) is 0 Å². The van der Waals surface area contributed by atoms with Crippen LogP contribution in [-0.4, -0.2) is 24.1 Å². The molecule has 2 aromatic rings. The highest BCUT2D eigenvalue weighted by atomic mass is 35.5. The Hall–Kier alpha value is -2.27. The van der Waals surface area contributed by atoms with Crippen molar-refractivity contribution < 1.29 is 14.3 Å². The van der Waals surface area contributed by atoms with E-state index in [-0.39, 0.29) is 5.91 Å². The fourth-order valence-electron chi connectivity index (χ4n) is 1.62. The van der Waals surface area contributed by atoms with E-state index in [9.17, 15) is 4.79 Å². The summed E-state index contributed by atoms with van der Waals surface area (Å²) in [4.78, 5) is 16.0. The molecule has 2 rings (SSSR count). The van der Waals surface area contributed by atoms with Crippen LogP contribution in [0.25, 0.3) is 0 Å². The standard InChI is InChI=1S/C15H15ClN2O3/c1-10(21-13-5-3-4-11(16)8-13)15(19)18-12-6-7-14(20-2)17-9-12/h3-10H,1-2H3,(H,18,19)/t10-/m0/s1. The smallest absolute Gasteiger partial charge is 0.265 e. The van der Waals surface area contributed by atoms with E-state index in [4.69, 9.17) is 21.1 Å². The summed E-state index contributed by atoms with van der Waals surface area (Å²) in [6, 6.07) is 10.3. The molecule has 0 aliphatic heterocycles. The number of carbonyl (C=O) groups excluding carboxylic acids is 1. The number of pyridine rings is 1. The highest BCUT2D eigenvalue weighted by molar-refractivity contribution is 6.30. The predicted octanol–water partition coefficient (Wildman–Crippen LogP) is 3.15. The Balaban J connectivity index is 1.95. The minimum absolute atomic E-state index is 0.276. The summed E-state index contributed by atoms with van der Waals surface area (Å²) in [5.41, 5.74) is 0.572. The van der Waals surface area contributed by atoms with Gasteiger partial charge in [-0.1, -0.05) is 17.7 Å². The van der Waals surface area contributed by atoms with Crippen molar-refractivity contribution >= 4 is 23.2 Å². The number of benzene rings is 1. The highest BCUT2D eigenvalue weighted by Crippen LogP contribution is 2.19. The average molecular weight is 307 g/mol. The summed E-state index contributed by atoms with van der Waals surface area (Å²) < 4.78 is 10.5. The summed E-state index contributed by atoms with van der Waals surface area (Å²) in [7, 11) is 1.53. The number of nitrogens with zero attached hydrogens (tertiary/aromatic N) is 1. The third-order valence-electron chi connectivity index (χ3n) is 2.69. The van der Waals surface area contributed by atoms with Crippen LogP contribution in [0.15, 0.2) is 42.6 Å². The van der Waals surface area contributed by atoms with Gasteiger partial charge >= 0.3 is 0 Å². The molecular weight excluding hydrogens is 292 g/mol. The number of aromatic nitrogens is 1. The number of methoxy groups -OCH3 is 1. The highest BCUT2D eigenvalue weighted by Gasteiger charge is 2.15. The van der Waals surface area contributed by atoms with Crippen molar-refractivity contribution in [1.82, 2.24) is 4.98 Å². The fraction of sp³-hybridized carbons (Fsp3) is 0.200. The van der Waals surface area contributed by atoms with Crippen LogP contribution in [0.3, 0.4) is 0 Å². The molecule has 1 heterocycles. The molecule has 0 aliphatic rings. The molecular formula is C15H15ClN2O3. The van der Waals surface area contributed by atoms with Gasteiger partial charge in [-0.15, -0.1) is 0 Å². The molecule has 5 nitrogen and oxygen atoms in total. The monoisotopic (exact) mass is 306 g/mol. The Bertz CT molecular complexity index is 617. The van der Waals surface area contributed by atoms with Gasteiger partial charge in [-0.25, -0.2) is 4.98 Å². The maximum Gasteiger partial charge on any atom is 0.265 e. The van der Waals surface area contributed by atoms with Crippen LogP contribution in [0.5, 0.6) is 11.6 Å². The summed E-state index contributed by atoms with van der Waals surface area (Å²) >= 11 is 5.87. The first kappa shape index (κ1) is 15.1. The maximum atomic E-state index is 12.0. The minimum Gasteiger partial charge on any atom is -0.481 e. The lowest BCUT2D eigenvalue weighted by atomic mass is 10.3. The Morgan fingerprint density at radius 3 is 2.76 bits per heavy atom. The SMILES string of the molecule is COc1ccc(NC(=O)[C@H](C)Oc2cccc(Cl)c2)cn1. The van der Waals surface area contributed by atoms with Crippen molar-refractivity contribution in [2.75, 3.05) is 12.4 Å². The lowest BCUT2D eigenvalue weighted by Gasteiger charge is -2.14. The van der Waals surface area contributed by atoms with Crippen LogP contribution in [0, 0.1) is 0 Å². The first-order chi connectivity index (χ1) is 10.1. The van der Waals surface area contributed by atoms with Gasteiger partial charge < -0.3 is 14.8 Å². The number of hydrogen-bond donors (Lipinski definition) is 1. The molecule has 1 aromatic carbocycles. The number of carbonyl (C=O) groups is 1. The number of anilines is 1. The van der Waals surface area contributed by atoms with Crippen LogP contribution >= 0.6 is 11.6 Å². The van der Waals surface area contributed by atoms with Crippen molar-refractivity contribution in [2.24, 2.45) is 0 Å². The molecule has 0 spiro atoms. The second kappa shape index (κ2) is 6.95. The van der Waals surface area contributed by atoms with E-state index >= 15 is 0 Å². The van der Waals surface area contributed by atoms with Crippen molar-refractivity contribution in [1.29, 1.82) is 0 Å². The lowest BCUT2D eigenvalue weighted by molar-refractivity contribution is -0.122. The predicted molar refractivity (Wildman–Crippen MR) is 81.0 cm³/mol. The van der Waals surface area contributed by atoms with Gasteiger partial charge in [0.2, 0.25) is 5.88 Å². The van der Waals surface area contributed by atoms with E-state index in [1.54, 1.807) is 43.3 Å². The van der Waals surface area contributed by atoms with E-state index in [2.05, 4.69) is 10.3 Å². The summed E-state index contributed by atoms with van der Waals surface area (Å²) in [5, 5.41) is 3.27. The Morgan fingerprint density at radius 2 is 2.14 bits per heavy atom. The normalized spacial score (nSPS) is 11.6. The van der Waals surface area contributed by atoms with Gasteiger partial charge in [0.05, 0.1) is 19.0 Å². The van der Waals surface area contributed by atoms with Crippen LogP contribution in [0.2, 0.25) is 5.02 Å². The molecule has 0 fully saturated rings. The average Bonchev–Trinajstić information content (AvgIpc) is 2.48. The second-order valence-electron chi connectivity index (χ2n) is 4.30. The molecule has 0 bridgehead atoms. The van der Waals surface area contributed by atoms with Gasteiger partial charge in [-0.2, -0.15) is 0 Å². The van der Waals surface area contributed by atoms with Crippen LogP contribution < -0.4 is 14.8 Å². The topological polar surface area (TPSA) is 60.5 Å². The third-order valence-corrected chi connectivity index (χ3v) is 2.93. The van der Waals surface area contributed by atoms with Gasteiger partial charge in [0.25, 0.3) is 5.91 Å². The van der Waals surface area contributed by atoms with E-state index in [1.807, 2.05) is 0 Å². The summed E-state index contributed by atoms with van der Waals surface area (Å²) in [6.07, 6.45) is 0.855. The van der Waals surface area contributed by atoms with Crippen molar-refractivity contribution in [3.05, 3.63) is 47.6 Å². The minimum atomic E-state index is -0.662. The number of halogens is 1. The summed E-state index contributed by atoms with van der Waals surface area (Å²) in [6.45, 7) is 1.66. The van der Waals surface area contributed by atoms with Gasteiger partial charge in [-0.3, -0.25) is 4.79 Å². The maximum absolute atomic E-state index is 12.0. The van der Waals surface area contributed by atoms with Crippen LogP contribution in [0.4, 0.5) is 5.69 Å². The Kier molecular flexibility index (Phi) is 5.00. The van der Waals surface area contributed by atoms with Crippen molar-refractivity contribution in [2.45, 2.75) is 13.0 Å². The molecule has 1 atom stereocenters. The van der Waals surface area contributed by atoms with Crippen molar-refractivity contribution in [3.63, 3.8) is 0 Å². The van der Waals surface area contributed by atoms with E-state index in [0.29, 0.717) is 22.3 Å². The largest absolute Gasteiger partial charge is 0.481 e. The number of rotatable bonds is 5. The lowest BCUT2D eigenvalue weighted by Crippen LogP contribution is -2.30. The number of amides is 1. The van der Waals surface area contributed by atoms with Gasteiger partial charge in [-0.05, 0) is 31.2 Å². The van der Waals surface area contributed by atoms with Crippen molar-refractivity contribution in [3.8, 4) is 11.6 Å². The Morgan fingerprint density at radius 1 is 1.33 bits per heavy atom. The van der Waals surface area contributed by atoms with Gasteiger partial charge in [0.15, 0.2) is 6.10 Å². The molecule has 110 valence electrons. The van der Waals surface area contributed by atoms with E-state index in [1.165, 1.54) is 13.3 Å². The first-order valence-electron chi connectivity index (χ1n) is 6.31. The number of nitrogens with one attached hydrogen (secondary N) is 1. The van der Waals surface area contributed by atoms with E-state index < -0.39 is 6.10 Å². The fourth-order valence-corrected chi connectivity index (χ4v) is 1.80. The quantitative estimate of drug-likeness (QED) is 0.922. The number of ether oxygens (including phenoxy) is 2.